The normalized spacial score (nSPS) is 14.0. The number of nitrogens with zero attached hydrogens (tertiary/aromatic N) is 1. The van der Waals surface area contributed by atoms with Gasteiger partial charge in [-0.15, -0.1) is 0 Å². The van der Waals surface area contributed by atoms with Crippen LogP contribution in [0.2, 0.25) is 0 Å². The Morgan fingerprint density at radius 3 is 2.10 bits per heavy atom. The van der Waals surface area contributed by atoms with E-state index in [1.54, 1.807) is 52.0 Å². The highest BCUT2D eigenvalue weighted by atomic mass is 32.2. The fourth-order valence-corrected chi connectivity index (χ4v) is 5.11. The molecule has 1 aromatic heterocycles. The van der Waals surface area contributed by atoms with Crippen LogP contribution in [0.1, 0.15) is 45.1 Å². The van der Waals surface area contributed by atoms with Crippen LogP contribution in [0.4, 0.5) is 9.18 Å². The van der Waals surface area contributed by atoms with Crippen molar-refractivity contribution in [1.29, 1.82) is 0 Å². The molecule has 0 radical (unpaired) electrons. The van der Waals surface area contributed by atoms with Crippen LogP contribution in [0, 0.1) is 12.7 Å². The molecule has 0 saturated carbocycles. The van der Waals surface area contributed by atoms with Crippen LogP contribution in [0.15, 0.2) is 59.5 Å². The Morgan fingerprint density at radius 2 is 1.59 bits per heavy atom. The number of carbonyl (C=O) groups excluding carboxylic acids is 1. The number of nitrogens with one attached hydrogen (secondary N) is 1. The highest BCUT2D eigenvalue weighted by Crippen LogP contribution is 2.34. The summed E-state index contributed by atoms with van der Waals surface area (Å²) in [6.07, 6.45) is -0.705. The second kappa shape index (κ2) is 12.3. The molecule has 224 valence electrons. The molecule has 41 heavy (non-hydrogen) atoms. The van der Waals surface area contributed by atoms with Crippen LogP contribution >= 0.6 is 0 Å². The van der Waals surface area contributed by atoms with E-state index >= 15 is 0 Å². The fraction of sp³-hybridized carbons (Fsp3) is 0.393. The van der Waals surface area contributed by atoms with E-state index in [1.807, 2.05) is 17.6 Å². The second-order valence-corrected chi connectivity index (χ2v) is 14.2. The van der Waals surface area contributed by atoms with E-state index in [0.29, 0.717) is 28.2 Å². The minimum Gasteiger partial charge on any atom is -0.444 e. The molecule has 0 saturated heterocycles. The molecule has 0 bridgehead atoms. The Bertz CT molecular complexity index is 1590. The largest absolute Gasteiger partial charge is 0.444 e. The topological polar surface area (TPSA) is 130 Å². The van der Waals surface area contributed by atoms with Gasteiger partial charge < -0.3 is 14.0 Å². The van der Waals surface area contributed by atoms with Crippen molar-refractivity contribution in [3.63, 3.8) is 0 Å². The number of ether oxygens (including phenoxy) is 2. The van der Waals surface area contributed by atoms with Gasteiger partial charge in [-0.2, -0.15) is 8.42 Å². The zero-order chi connectivity index (χ0) is 30.8. The Hall–Kier alpha value is -3.26. The number of carbonyl (C=O) groups is 1. The number of halogens is 1. The summed E-state index contributed by atoms with van der Waals surface area (Å²) < 4.78 is 79.1. The van der Waals surface area contributed by atoms with Crippen LogP contribution < -0.4 is 5.32 Å². The van der Waals surface area contributed by atoms with Crippen molar-refractivity contribution >= 4 is 26.0 Å². The summed E-state index contributed by atoms with van der Waals surface area (Å²) in [5.74, 6) is -0.406. The molecule has 10 nitrogen and oxygen atoms in total. The SMILES string of the molecule is Cc1c(C(C)OC(COS(C)(=O)=O)NC(=O)OC(C)(C)C)cc(-c2ccc(S(C)(=O)=O)cc2)n1-c1ccc(F)cc1. The molecule has 2 aromatic carbocycles. The van der Waals surface area contributed by atoms with Gasteiger partial charge in [0.2, 0.25) is 0 Å². The molecule has 1 amide bonds. The predicted octanol–water partition coefficient (Wildman–Crippen LogP) is 4.90. The number of benzene rings is 2. The molecule has 13 heteroatoms. The summed E-state index contributed by atoms with van der Waals surface area (Å²) in [6.45, 7) is 8.10. The highest BCUT2D eigenvalue weighted by Gasteiger charge is 2.26. The molecule has 3 aromatic rings. The van der Waals surface area contributed by atoms with Crippen LogP contribution in [-0.2, 0) is 33.6 Å². The lowest BCUT2D eigenvalue weighted by atomic mass is 10.1. The molecular weight excluding hydrogens is 575 g/mol. The molecule has 2 atom stereocenters. The van der Waals surface area contributed by atoms with Gasteiger partial charge >= 0.3 is 6.09 Å². The molecule has 1 N–H and O–H groups in total. The lowest BCUT2D eigenvalue weighted by Crippen LogP contribution is -2.43. The highest BCUT2D eigenvalue weighted by molar-refractivity contribution is 7.90. The van der Waals surface area contributed by atoms with Crippen molar-refractivity contribution in [2.75, 3.05) is 19.1 Å². The maximum absolute atomic E-state index is 13.7. The molecule has 0 fully saturated rings. The van der Waals surface area contributed by atoms with Crippen molar-refractivity contribution < 1.29 is 39.7 Å². The summed E-state index contributed by atoms with van der Waals surface area (Å²) in [5, 5.41) is 2.50. The number of sulfone groups is 1. The maximum atomic E-state index is 13.7. The van der Waals surface area contributed by atoms with Gasteiger partial charge in [0.15, 0.2) is 16.1 Å². The first-order valence-electron chi connectivity index (χ1n) is 12.6. The second-order valence-electron chi connectivity index (χ2n) is 10.6. The van der Waals surface area contributed by atoms with Gasteiger partial charge in [-0.05, 0) is 82.6 Å². The van der Waals surface area contributed by atoms with E-state index in [-0.39, 0.29) is 4.90 Å². The Morgan fingerprint density at radius 1 is 1.00 bits per heavy atom. The molecule has 3 rings (SSSR count). The summed E-state index contributed by atoms with van der Waals surface area (Å²) in [5.41, 5.74) is 2.59. The van der Waals surface area contributed by atoms with Crippen LogP contribution in [0.3, 0.4) is 0 Å². The van der Waals surface area contributed by atoms with Gasteiger partial charge in [-0.1, -0.05) is 12.1 Å². The first kappa shape index (κ1) is 32.3. The van der Waals surface area contributed by atoms with Crippen LogP contribution in [0.5, 0.6) is 0 Å². The van der Waals surface area contributed by atoms with Gasteiger partial charge in [0.05, 0.1) is 22.9 Å². The van der Waals surface area contributed by atoms with E-state index in [1.165, 1.54) is 24.3 Å². The van der Waals surface area contributed by atoms with E-state index < -0.39 is 56.4 Å². The van der Waals surface area contributed by atoms with Gasteiger partial charge in [0.1, 0.15) is 18.0 Å². The minimum absolute atomic E-state index is 0.164. The number of hydrogen-bond donors (Lipinski definition) is 1. The molecule has 0 aliphatic rings. The third kappa shape index (κ3) is 9.12. The van der Waals surface area contributed by atoms with Crippen molar-refractivity contribution in [2.45, 2.75) is 57.4 Å². The standard InChI is InChI=1S/C28H35FN2O8S2/c1-18-24(19(2)38-26(17-37-41(7,35)36)30-27(32)39-28(3,4)5)16-25(31(18)22-12-10-21(29)11-13-22)20-8-14-23(15-9-20)40(6,33)34/h8-16,19,26H,17H2,1-7H3,(H,30,32). The Kier molecular flexibility index (Phi) is 9.69. The maximum Gasteiger partial charge on any atom is 0.409 e. The number of hydrogen-bond acceptors (Lipinski definition) is 8. The molecule has 2 unspecified atom stereocenters. The van der Waals surface area contributed by atoms with Crippen molar-refractivity contribution in [3.8, 4) is 16.9 Å². The summed E-state index contributed by atoms with van der Waals surface area (Å²) in [4.78, 5) is 12.6. The Balaban J connectivity index is 2.03. The number of aromatic nitrogens is 1. The number of amides is 1. The lowest BCUT2D eigenvalue weighted by Gasteiger charge is -2.26. The lowest BCUT2D eigenvalue weighted by molar-refractivity contribution is -0.0483. The predicted molar refractivity (Wildman–Crippen MR) is 152 cm³/mol. The fourth-order valence-electron chi connectivity index (χ4n) is 4.10. The molecular formula is C28H35FN2O8S2. The summed E-state index contributed by atoms with van der Waals surface area (Å²) in [6, 6.07) is 14.1. The monoisotopic (exact) mass is 610 g/mol. The van der Waals surface area contributed by atoms with E-state index in [9.17, 15) is 26.0 Å². The zero-order valence-corrected chi connectivity index (χ0v) is 25.6. The number of rotatable bonds is 10. The van der Waals surface area contributed by atoms with Crippen LogP contribution in [-0.4, -0.2) is 58.4 Å². The quantitative estimate of drug-likeness (QED) is 0.254. The minimum atomic E-state index is -3.84. The van der Waals surface area contributed by atoms with Crippen molar-refractivity contribution in [2.24, 2.45) is 0 Å². The Labute approximate surface area is 240 Å². The van der Waals surface area contributed by atoms with Crippen LogP contribution in [0.25, 0.3) is 16.9 Å². The molecule has 0 aliphatic heterocycles. The van der Waals surface area contributed by atoms with Crippen molar-refractivity contribution in [3.05, 3.63) is 71.7 Å². The average molecular weight is 611 g/mol. The summed E-state index contributed by atoms with van der Waals surface area (Å²) >= 11 is 0. The third-order valence-corrected chi connectivity index (χ3v) is 7.56. The van der Waals surface area contributed by atoms with E-state index in [2.05, 4.69) is 5.32 Å². The molecule has 1 heterocycles. The first-order valence-corrected chi connectivity index (χ1v) is 16.3. The van der Waals surface area contributed by atoms with Gasteiger partial charge in [0, 0.05) is 23.2 Å². The third-order valence-electron chi connectivity index (χ3n) is 5.87. The summed E-state index contributed by atoms with van der Waals surface area (Å²) in [7, 11) is -7.24. The van der Waals surface area contributed by atoms with E-state index in [4.69, 9.17) is 13.7 Å². The smallest absolute Gasteiger partial charge is 0.409 e. The van der Waals surface area contributed by atoms with Crippen molar-refractivity contribution in [1.82, 2.24) is 9.88 Å². The molecule has 0 aliphatic carbocycles. The molecule has 0 spiro atoms. The average Bonchev–Trinajstić information content (AvgIpc) is 3.18. The van der Waals surface area contributed by atoms with Gasteiger partial charge in [-0.25, -0.2) is 17.6 Å². The zero-order valence-electron chi connectivity index (χ0n) is 24.0. The number of alkyl carbamates (subject to hydrolysis) is 1. The van der Waals surface area contributed by atoms with Gasteiger partial charge in [0.25, 0.3) is 10.1 Å². The first-order chi connectivity index (χ1) is 18.8. The van der Waals surface area contributed by atoms with Gasteiger partial charge in [-0.3, -0.25) is 9.50 Å². The van der Waals surface area contributed by atoms with E-state index in [0.717, 1.165) is 12.5 Å².